The second-order valence-electron chi connectivity index (χ2n) is 5.94. The van der Waals surface area contributed by atoms with Crippen LogP contribution in [0.1, 0.15) is 18.2 Å². The number of nitro groups is 1. The van der Waals surface area contributed by atoms with Gasteiger partial charge in [-0.25, -0.2) is 9.97 Å². The van der Waals surface area contributed by atoms with Crippen molar-refractivity contribution in [1.29, 1.82) is 0 Å². The molecule has 7 nitrogen and oxygen atoms in total. The van der Waals surface area contributed by atoms with Crippen LogP contribution in [0, 0.1) is 10.1 Å². The van der Waals surface area contributed by atoms with E-state index in [1.807, 2.05) is 0 Å². The molecule has 0 aliphatic carbocycles. The molecule has 0 unspecified atom stereocenters. The molecule has 1 N–H and O–H groups in total. The van der Waals surface area contributed by atoms with Gasteiger partial charge in [0.25, 0.3) is 5.69 Å². The quantitative estimate of drug-likeness (QED) is 0.373. The van der Waals surface area contributed by atoms with E-state index in [1.54, 1.807) is 37.3 Å². The fourth-order valence-electron chi connectivity index (χ4n) is 2.40. The van der Waals surface area contributed by atoms with Crippen molar-refractivity contribution in [3.05, 3.63) is 82.0 Å². The van der Waals surface area contributed by atoms with Gasteiger partial charge in [-0.15, -0.1) is 0 Å². The number of alkyl halides is 3. The van der Waals surface area contributed by atoms with Crippen LogP contribution in [0.2, 0.25) is 0 Å². The molecule has 0 saturated carbocycles. The fraction of sp³-hybridized carbons (Fsp3) is 0.105. The molecule has 0 atom stereocenters. The monoisotopic (exact) mass is 401 g/mol. The predicted molar refractivity (Wildman–Crippen MR) is 101 cm³/mol. The van der Waals surface area contributed by atoms with Gasteiger partial charge in [0.1, 0.15) is 0 Å². The Kier molecular flexibility index (Phi) is 5.53. The number of non-ortho nitro benzene ring substituents is 1. The average molecular weight is 401 g/mol. The molecule has 148 valence electrons. The van der Waals surface area contributed by atoms with Crippen LogP contribution < -0.4 is 5.43 Å². The summed E-state index contributed by atoms with van der Waals surface area (Å²) in [6.45, 7) is 1.61. The molecule has 0 radical (unpaired) electrons. The highest BCUT2D eigenvalue weighted by Gasteiger charge is 2.33. The van der Waals surface area contributed by atoms with E-state index in [-0.39, 0.29) is 17.3 Å². The number of hydrogen-bond donors (Lipinski definition) is 1. The smallest absolute Gasteiger partial charge is 0.261 e. The number of nitro benzene ring substituents is 1. The number of nitrogens with one attached hydrogen (secondary N) is 1. The number of halogens is 3. The summed E-state index contributed by atoms with van der Waals surface area (Å²) in [6, 6.07) is 14.7. The van der Waals surface area contributed by atoms with Crippen molar-refractivity contribution >= 4 is 17.2 Å². The Bertz CT molecular complexity index is 1050. The second kappa shape index (κ2) is 8.05. The zero-order valence-electron chi connectivity index (χ0n) is 15.0. The van der Waals surface area contributed by atoms with Crippen molar-refractivity contribution < 1.29 is 18.1 Å². The van der Waals surface area contributed by atoms with Gasteiger partial charge in [-0.05, 0) is 24.6 Å². The summed E-state index contributed by atoms with van der Waals surface area (Å²) >= 11 is 0. The predicted octanol–water partition coefficient (Wildman–Crippen LogP) is 4.91. The third kappa shape index (κ3) is 4.92. The largest absolute Gasteiger partial charge is 0.433 e. The van der Waals surface area contributed by atoms with Gasteiger partial charge in [-0.1, -0.05) is 30.3 Å². The number of anilines is 1. The number of nitrogens with zero attached hydrogens (tertiary/aromatic N) is 4. The minimum atomic E-state index is -4.65. The van der Waals surface area contributed by atoms with Gasteiger partial charge in [-0.3, -0.25) is 15.5 Å². The third-order valence-corrected chi connectivity index (χ3v) is 3.88. The maximum Gasteiger partial charge on any atom is 0.433 e. The Morgan fingerprint density at radius 1 is 1.07 bits per heavy atom. The van der Waals surface area contributed by atoms with Crippen LogP contribution in [0.5, 0.6) is 0 Å². The lowest BCUT2D eigenvalue weighted by molar-refractivity contribution is -0.384. The zero-order valence-corrected chi connectivity index (χ0v) is 15.0. The maximum absolute atomic E-state index is 13.2. The third-order valence-electron chi connectivity index (χ3n) is 3.88. The molecule has 0 fully saturated rings. The van der Waals surface area contributed by atoms with E-state index in [2.05, 4.69) is 20.5 Å². The molecule has 1 heterocycles. The van der Waals surface area contributed by atoms with E-state index in [9.17, 15) is 23.3 Å². The first-order valence-electron chi connectivity index (χ1n) is 8.31. The number of rotatable bonds is 5. The first-order chi connectivity index (χ1) is 13.7. The van der Waals surface area contributed by atoms with E-state index in [1.165, 1.54) is 24.3 Å². The molecule has 3 aromatic rings. The van der Waals surface area contributed by atoms with Gasteiger partial charge in [0, 0.05) is 23.8 Å². The molecule has 0 bridgehead atoms. The molecule has 0 amide bonds. The maximum atomic E-state index is 13.2. The molecule has 10 heteroatoms. The molecule has 0 aliphatic heterocycles. The van der Waals surface area contributed by atoms with Crippen LogP contribution >= 0.6 is 0 Å². The van der Waals surface area contributed by atoms with Gasteiger partial charge in [-0.2, -0.15) is 18.3 Å². The standard InChI is InChI=1S/C19H14F3N5O2/c1-12(13-7-9-15(10-8-13)27(28)29)25-26-17-11-16(19(20,21)22)23-18(24-17)14-5-3-2-4-6-14/h2-11H,1H3,(H,23,24,26)/b25-12+. The topological polar surface area (TPSA) is 93.3 Å². The van der Waals surface area contributed by atoms with E-state index in [0.29, 0.717) is 16.8 Å². The molecule has 0 aliphatic rings. The molecule has 3 rings (SSSR count). The van der Waals surface area contributed by atoms with Crippen molar-refractivity contribution in [2.75, 3.05) is 5.43 Å². The van der Waals surface area contributed by atoms with E-state index < -0.39 is 16.8 Å². The lowest BCUT2D eigenvalue weighted by Crippen LogP contribution is -2.11. The fourth-order valence-corrected chi connectivity index (χ4v) is 2.40. The number of aromatic nitrogens is 2. The first-order valence-corrected chi connectivity index (χ1v) is 8.31. The van der Waals surface area contributed by atoms with Crippen LogP contribution in [0.3, 0.4) is 0 Å². The number of hydrazone groups is 1. The molecule has 2 aromatic carbocycles. The Hall–Kier alpha value is -3.82. The van der Waals surface area contributed by atoms with Crippen molar-refractivity contribution in [2.45, 2.75) is 13.1 Å². The SMILES string of the molecule is C/C(=N\Nc1cc(C(F)(F)F)nc(-c2ccccc2)n1)c1ccc([N+](=O)[O-])cc1. The van der Waals surface area contributed by atoms with Crippen LogP contribution in [-0.2, 0) is 6.18 Å². The van der Waals surface area contributed by atoms with E-state index >= 15 is 0 Å². The van der Waals surface area contributed by atoms with E-state index in [4.69, 9.17) is 0 Å². The van der Waals surface area contributed by atoms with Crippen molar-refractivity contribution in [1.82, 2.24) is 9.97 Å². The van der Waals surface area contributed by atoms with Crippen LogP contribution in [0.4, 0.5) is 24.7 Å². The van der Waals surface area contributed by atoms with Crippen molar-refractivity contribution in [3.8, 4) is 11.4 Å². The summed E-state index contributed by atoms with van der Waals surface area (Å²) in [5.41, 5.74) is 2.73. The Balaban J connectivity index is 1.91. The van der Waals surface area contributed by atoms with Gasteiger partial charge in [0.05, 0.1) is 10.6 Å². The molecular weight excluding hydrogens is 387 g/mol. The summed E-state index contributed by atoms with van der Waals surface area (Å²) in [6.07, 6.45) is -4.65. The lowest BCUT2D eigenvalue weighted by Gasteiger charge is -2.10. The summed E-state index contributed by atoms with van der Waals surface area (Å²) in [5, 5.41) is 14.7. The Morgan fingerprint density at radius 3 is 2.31 bits per heavy atom. The van der Waals surface area contributed by atoms with Gasteiger partial charge >= 0.3 is 6.18 Å². The normalized spacial score (nSPS) is 11.9. The minimum absolute atomic E-state index is 0.0763. The second-order valence-corrected chi connectivity index (χ2v) is 5.94. The van der Waals surface area contributed by atoms with Gasteiger partial charge < -0.3 is 0 Å². The highest BCUT2D eigenvalue weighted by molar-refractivity contribution is 5.99. The van der Waals surface area contributed by atoms with Gasteiger partial charge in [0.15, 0.2) is 17.3 Å². The molecule has 29 heavy (non-hydrogen) atoms. The summed E-state index contributed by atoms with van der Waals surface area (Å²) in [7, 11) is 0. The minimum Gasteiger partial charge on any atom is -0.261 e. The highest BCUT2D eigenvalue weighted by atomic mass is 19.4. The molecular formula is C19H14F3N5O2. The molecule has 0 saturated heterocycles. The highest BCUT2D eigenvalue weighted by Crippen LogP contribution is 2.30. The molecule has 1 aromatic heterocycles. The number of benzene rings is 2. The summed E-state index contributed by atoms with van der Waals surface area (Å²) in [5.74, 6) is -0.224. The number of hydrogen-bond acceptors (Lipinski definition) is 6. The van der Waals surface area contributed by atoms with Crippen LogP contribution in [-0.4, -0.2) is 20.6 Å². The van der Waals surface area contributed by atoms with Crippen molar-refractivity contribution in [3.63, 3.8) is 0 Å². The molecule has 0 spiro atoms. The van der Waals surface area contributed by atoms with Crippen LogP contribution in [0.15, 0.2) is 65.8 Å². The Morgan fingerprint density at radius 2 is 1.72 bits per heavy atom. The van der Waals surface area contributed by atoms with Crippen LogP contribution in [0.25, 0.3) is 11.4 Å². The van der Waals surface area contributed by atoms with Gasteiger partial charge in [0.2, 0.25) is 0 Å². The lowest BCUT2D eigenvalue weighted by atomic mass is 10.1. The zero-order chi connectivity index (χ0) is 21.0. The van der Waals surface area contributed by atoms with E-state index in [0.717, 1.165) is 6.07 Å². The summed E-state index contributed by atoms with van der Waals surface area (Å²) in [4.78, 5) is 17.9. The average Bonchev–Trinajstić information content (AvgIpc) is 2.72. The van der Waals surface area contributed by atoms with Crippen molar-refractivity contribution in [2.24, 2.45) is 5.10 Å². The summed E-state index contributed by atoms with van der Waals surface area (Å²) < 4.78 is 39.7. The first kappa shape index (κ1) is 19.9. The Labute approximate surface area is 163 Å².